The Morgan fingerprint density at radius 1 is 1.25 bits per heavy atom. The van der Waals surface area contributed by atoms with Crippen molar-refractivity contribution in [1.29, 1.82) is 0 Å². The van der Waals surface area contributed by atoms with E-state index in [1.54, 1.807) is 4.68 Å². The number of hydrogen-bond acceptors (Lipinski definition) is 3. The van der Waals surface area contributed by atoms with Crippen molar-refractivity contribution in [3.8, 4) is 0 Å². The van der Waals surface area contributed by atoms with Gasteiger partial charge in [-0.05, 0) is 17.9 Å². The lowest BCUT2D eigenvalue weighted by molar-refractivity contribution is 0.273. The van der Waals surface area contributed by atoms with Gasteiger partial charge in [0.05, 0.1) is 6.04 Å². The van der Waals surface area contributed by atoms with Gasteiger partial charge in [-0.2, -0.15) is 5.10 Å². The van der Waals surface area contributed by atoms with E-state index in [1.807, 2.05) is 30.3 Å². The molecule has 2 unspecified atom stereocenters. The van der Waals surface area contributed by atoms with E-state index in [0.29, 0.717) is 18.1 Å². The summed E-state index contributed by atoms with van der Waals surface area (Å²) in [5, 5.41) is 13.6. The van der Waals surface area contributed by atoms with Gasteiger partial charge < -0.3 is 5.11 Å². The third kappa shape index (κ3) is 1.77. The standard InChI is InChI=1S/C15H16FN3O/c16-12-7-13(9-4-2-1-3-5-9)19-15(12)17-14(18-19)11-6-10(11)8-20/h1-5,10-13,20H,6-8H2/t10?,11?,12-,13-/m0/s1. The van der Waals surface area contributed by atoms with Crippen molar-refractivity contribution in [2.45, 2.75) is 31.0 Å². The summed E-state index contributed by atoms with van der Waals surface area (Å²) in [4.78, 5) is 4.37. The molecule has 5 heteroatoms. The molecule has 0 saturated heterocycles. The third-order valence-electron chi connectivity index (χ3n) is 4.35. The molecule has 1 N–H and O–H groups in total. The first-order valence-corrected chi connectivity index (χ1v) is 7.04. The van der Waals surface area contributed by atoms with Crippen molar-refractivity contribution in [3.05, 3.63) is 47.5 Å². The summed E-state index contributed by atoms with van der Waals surface area (Å²) in [7, 11) is 0. The minimum Gasteiger partial charge on any atom is -0.396 e. The topological polar surface area (TPSA) is 50.9 Å². The van der Waals surface area contributed by atoms with Gasteiger partial charge in [0.25, 0.3) is 0 Å². The van der Waals surface area contributed by atoms with Crippen LogP contribution in [0.5, 0.6) is 0 Å². The Labute approximate surface area is 116 Å². The predicted molar refractivity (Wildman–Crippen MR) is 71.0 cm³/mol. The summed E-state index contributed by atoms with van der Waals surface area (Å²) < 4.78 is 15.9. The maximum atomic E-state index is 14.2. The number of alkyl halides is 1. The van der Waals surface area contributed by atoms with Crippen LogP contribution in [0.2, 0.25) is 0 Å². The summed E-state index contributed by atoms with van der Waals surface area (Å²) in [5.41, 5.74) is 1.07. The number of hydrogen-bond donors (Lipinski definition) is 1. The van der Waals surface area contributed by atoms with E-state index < -0.39 is 6.17 Å². The molecular weight excluding hydrogens is 257 g/mol. The van der Waals surface area contributed by atoms with Crippen LogP contribution < -0.4 is 0 Å². The highest BCUT2D eigenvalue weighted by atomic mass is 19.1. The van der Waals surface area contributed by atoms with E-state index in [4.69, 9.17) is 5.11 Å². The Morgan fingerprint density at radius 3 is 2.75 bits per heavy atom. The largest absolute Gasteiger partial charge is 0.396 e. The molecule has 1 saturated carbocycles. The number of aromatic nitrogens is 3. The molecule has 20 heavy (non-hydrogen) atoms. The number of aliphatic hydroxyl groups excluding tert-OH is 1. The van der Waals surface area contributed by atoms with Crippen molar-refractivity contribution in [2.75, 3.05) is 6.61 Å². The first kappa shape index (κ1) is 12.0. The van der Waals surface area contributed by atoms with Crippen molar-refractivity contribution in [1.82, 2.24) is 14.8 Å². The SMILES string of the molecule is OCC1CC1c1nc2n(n1)[C@H](c1ccccc1)C[C@@H]2F. The predicted octanol–water partition coefficient (Wildman–Crippen LogP) is 2.38. The lowest BCUT2D eigenvalue weighted by Gasteiger charge is -2.11. The van der Waals surface area contributed by atoms with E-state index in [9.17, 15) is 4.39 Å². The van der Waals surface area contributed by atoms with Gasteiger partial charge in [-0.1, -0.05) is 30.3 Å². The number of nitrogens with zero attached hydrogens (tertiary/aromatic N) is 3. The fraction of sp³-hybridized carbons (Fsp3) is 0.467. The molecule has 1 aromatic carbocycles. The normalized spacial score (nSPS) is 31.3. The fourth-order valence-corrected chi connectivity index (χ4v) is 3.07. The molecule has 1 aliphatic carbocycles. The van der Waals surface area contributed by atoms with Crippen LogP contribution >= 0.6 is 0 Å². The van der Waals surface area contributed by atoms with Crippen LogP contribution in [0.4, 0.5) is 4.39 Å². The fourth-order valence-electron chi connectivity index (χ4n) is 3.07. The molecule has 0 spiro atoms. The van der Waals surface area contributed by atoms with Crippen LogP contribution in [0.1, 0.15) is 48.2 Å². The monoisotopic (exact) mass is 273 g/mol. The maximum Gasteiger partial charge on any atom is 0.162 e. The number of benzene rings is 1. The van der Waals surface area contributed by atoms with Crippen LogP contribution in [-0.2, 0) is 0 Å². The second-order valence-corrected chi connectivity index (χ2v) is 5.69. The summed E-state index contributed by atoms with van der Waals surface area (Å²) in [5.74, 6) is 1.60. The molecule has 0 radical (unpaired) electrons. The van der Waals surface area contributed by atoms with Gasteiger partial charge in [0.2, 0.25) is 0 Å². The molecule has 1 aliphatic heterocycles. The zero-order chi connectivity index (χ0) is 13.7. The van der Waals surface area contributed by atoms with Crippen molar-refractivity contribution in [3.63, 3.8) is 0 Å². The van der Waals surface area contributed by atoms with Crippen LogP contribution in [0.15, 0.2) is 30.3 Å². The summed E-state index contributed by atoms with van der Waals surface area (Å²) in [6.45, 7) is 0.162. The second-order valence-electron chi connectivity index (χ2n) is 5.69. The van der Waals surface area contributed by atoms with E-state index in [-0.39, 0.29) is 24.5 Å². The van der Waals surface area contributed by atoms with Gasteiger partial charge in [0, 0.05) is 18.9 Å². The molecule has 4 rings (SSSR count). The quantitative estimate of drug-likeness (QED) is 0.934. The molecule has 2 aromatic rings. The highest BCUT2D eigenvalue weighted by Gasteiger charge is 2.43. The molecule has 1 fully saturated rings. The second kappa shape index (κ2) is 4.38. The van der Waals surface area contributed by atoms with E-state index >= 15 is 0 Å². The Bertz CT molecular complexity index is 627. The van der Waals surface area contributed by atoms with Gasteiger partial charge in [-0.15, -0.1) is 0 Å². The average Bonchev–Trinajstić information content (AvgIpc) is 3.04. The number of halogens is 1. The van der Waals surface area contributed by atoms with Crippen LogP contribution in [0.3, 0.4) is 0 Å². The maximum absolute atomic E-state index is 14.2. The summed E-state index contributed by atoms with van der Waals surface area (Å²) in [6, 6.07) is 9.81. The minimum absolute atomic E-state index is 0.0613. The molecule has 2 aliphatic rings. The van der Waals surface area contributed by atoms with E-state index in [0.717, 1.165) is 12.0 Å². The van der Waals surface area contributed by atoms with Gasteiger partial charge in [-0.3, -0.25) is 0 Å². The van der Waals surface area contributed by atoms with Crippen LogP contribution in [-0.4, -0.2) is 26.5 Å². The minimum atomic E-state index is -1.05. The Hall–Kier alpha value is -1.75. The van der Waals surface area contributed by atoms with Gasteiger partial charge in [0.15, 0.2) is 17.8 Å². The molecule has 1 aromatic heterocycles. The van der Waals surface area contributed by atoms with Crippen molar-refractivity contribution in [2.24, 2.45) is 5.92 Å². The Morgan fingerprint density at radius 2 is 2.05 bits per heavy atom. The van der Waals surface area contributed by atoms with Crippen LogP contribution in [0, 0.1) is 5.92 Å². The van der Waals surface area contributed by atoms with E-state index in [1.165, 1.54) is 0 Å². The zero-order valence-corrected chi connectivity index (χ0v) is 11.0. The molecule has 104 valence electrons. The average molecular weight is 273 g/mol. The lowest BCUT2D eigenvalue weighted by atomic mass is 10.0. The Balaban J connectivity index is 1.68. The van der Waals surface area contributed by atoms with Gasteiger partial charge >= 0.3 is 0 Å². The van der Waals surface area contributed by atoms with Crippen LogP contribution in [0.25, 0.3) is 0 Å². The zero-order valence-electron chi connectivity index (χ0n) is 11.0. The first-order chi connectivity index (χ1) is 9.78. The van der Waals surface area contributed by atoms with Gasteiger partial charge in [-0.25, -0.2) is 14.1 Å². The summed E-state index contributed by atoms with van der Waals surface area (Å²) >= 11 is 0. The van der Waals surface area contributed by atoms with Crippen molar-refractivity contribution >= 4 is 0 Å². The molecule has 4 nitrogen and oxygen atoms in total. The lowest BCUT2D eigenvalue weighted by Crippen LogP contribution is -2.07. The number of rotatable bonds is 3. The highest BCUT2D eigenvalue weighted by molar-refractivity contribution is 5.24. The molecule has 2 heterocycles. The molecule has 0 bridgehead atoms. The molecular formula is C15H16FN3O. The van der Waals surface area contributed by atoms with E-state index in [2.05, 4.69) is 10.1 Å². The summed E-state index contributed by atoms with van der Waals surface area (Å²) in [6.07, 6.45) is 0.272. The van der Waals surface area contributed by atoms with Crippen molar-refractivity contribution < 1.29 is 9.50 Å². The Kier molecular flexibility index (Phi) is 2.63. The molecule has 4 atom stereocenters. The van der Waals surface area contributed by atoms with Gasteiger partial charge in [0.1, 0.15) is 0 Å². The third-order valence-corrected chi connectivity index (χ3v) is 4.35. The highest BCUT2D eigenvalue weighted by Crippen LogP contribution is 2.47. The number of aliphatic hydroxyl groups is 1. The smallest absolute Gasteiger partial charge is 0.162 e. The number of fused-ring (bicyclic) bond motifs is 1. The first-order valence-electron chi connectivity index (χ1n) is 7.04. The molecule has 0 amide bonds.